The van der Waals surface area contributed by atoms with Crippen LogP contribution in [-0.4, -0.2) is 14.5 Å². The second-order valence-corrected chi connectivity index (χ2v) is 16.5. The zero-order valence-corrected chi connectivity index (χ0v) is 32.5. The van der Waals surface area contributed by atoms with Crippen LogP contribution in [0.25, 0.3) is 105 Å². The van der Waals surface area contributed by atoms with Gasteiger partial charge in [-0.1, -0.05) is 135 Å². The number of benzene rings is 8. The Kier molecular flexibility index (Phi) is 7.10. The van der Waals surface area contributed by atoms with Crippen LogP contribution in [0, 0.1) is 0 Å². The fourth-order valence-electron chi connectivity index (χ4n) is 10.00. The lowest BCUT2D eigenvalue weighted by atomic mass is 9.80. The van der Waals surface area contributed by atoms with E-state index in [1.165, 1.54) is 93.9 Å². The molecule has 2 aliphatic carbocycles. The first-order valence-electron chi connectivity index (χ1n) is 20.4. The summed E-state index contributed by atoms with van der Waals surface area (Å²) in [5, 5.41) is 7.29. The van der Waals surface area contributed by atoms with E-state index in [-0.39, 0.29) is 5.41 Å². The number of rotatable bonds is 4. The molecule has 0 aliphatic heterocycles. The first-order valence-corrected chi connectivity index (χ1v) is 20.4. The SMILES string of the molecule is CC1(C)c2cc(-c3ccc(-c4ccc5c(c4)c4ccccc4n5C4=CC=CCC4)cc3)ccc2-c2ccc(-c3ccc4c(c3)c3ccccc3c3nccnc43)cc21. The van der Waals surface area contributed by atoms with E-state index < -0.39 is 0 Å². The van der Waals surface area contributed by atoms with Gasteiger partial charge in [0.1, 0.15) is 0 Å². The van der Waals surface area contributed by atoms with Crippen LogP contribution in [0.1, 0.15) is 37.8 Å². The highest BCUT2D eigenvalue weighted by molar-refractivity contribution is 6.23. The van der Waals surface area contributed by atoms with Crippen molar-refractivity contribution in [1.29, 1.82) is 0 Å². The van der Waals surface area contributed by atoms with Crippen molar-refractivity contribution in [3.05, 3.63) is 187 Å². The highest BCUT2D eigenvalue weighted by Gasteiger charge is 2.36. The number of hydrogen-bond donors (Lipinski definition) is 0. The normalized spacial score (nSPS) is 14.4. The van der Waals surface area contributed by atoms with Crippen molar-refractivity contribution >= 4 is 60.1 Å². The largest absolute Gasteiger partial charge is 0.313 e. The minimum absolute atomic E-state index is 0.148. The molecule has 0 N–H and O–H groups in total. The molecule has 2 heterocycles. The smallest absolute Gasteiger partial charge is 0.0971 e. The van der Waals surface area contributed by atoms with Crippen LogP contribution in [0.2, 0.25) is 0 Å². The maximum absolute atomic E-state index is 4.77. The van der Waals surface area contributed by atoms with Gasteiger partial charge in [-0.2, -0.15) is 0 Å². The van der Waals surface area contributed by atoms with Gasteiger partial charge < -0.3 is 4.57 Å². The Bertz CT molecular complexity index is 3380. The fourth-order valence-corrected chi connectivity index (χ4v) is 10.00. The summed E-state index contributed by atoms with van der Waals surface area (Å²) in [6.07, 6.45) is 12.4. The Morgan fingerprint density at radius 3 is 1.67 bits per heavy atom. The van der Waals surface area contributed by atoms with Gasteiger partial charge in [-0.3, -0.25) is 9.97 Å². The molecule has 0 bridgehead atoms. The van der Waals surface area contributed by atoms with Crippen LogP contribution >= 0.6 is 0 Å². The summed E-state index contributed by atoms with van der Waals surface area (Å²) in [4.78, 5) is 9.49. The third-order valence-electron chi connectivity index (χ3n) is 13.0. The molecular weight excluding hydrogens is 703 g/mol. The molecule has 0 unspecified atom stereocenters. The monoisotopic (exact) mass is 741 g/mol. The first kappa shape index (κ1) is 33.1. The van der Waals surface area contributed by atoms with E-state index >= 15 is 0 Å². The van der Waals surface area contributed by atoms with E-state index in [4.69, 9.17) is 9.97 Å². The van der Waals surface area contributed by atoms with Gasteiger partial charge in [-0.15, -0.1) is 0 Å². The molecule has 3 heteroatoms. The minimum atomic E-state index is -0.148. The van der Waals surface area contributed by atoms with E-state index in [2.05, 4.69) is 182 Å². The summed E-state index contributed by atoms with van der Waals surface area (Å²) in [5.41, 5.74) is 18.4. The average Bonchev–Trinajstić information content (AvgIpc) is 3.74. The van der Waals surface area contributed by atoms with Crippen molar-refractivity contribution in [1.82, 2.24) is 14.5 Å². The first-order chi connectivity index (χ1) is 28.5. The third kappa shape index (κ3) is 4.86. The van der Waals surface area contributed by atoms with Gasteiger partial charge in [0.2, 0.25) is 0 Å². The lowest BCUT2D eigenvalue weighted by molar-refractivity contribution is 0.661. The van der Waals surface area contributed by atoms with Crippen molar-refractivity contribution in [3.63, 3.8) is 0 Å². The van der Waals surface area contributed by atoms with Crippen molar-refractivity contribution in [2.75, 3.05) is 0 Å². The predicted molar refractivity (Wildman–Crippen MR) is 244 cm³/mol. The lowest BCUT2D eigenvalue weighted by Gasteiger charge is -2.23. The Morgan fingerprint density at radius 2 is 0.983 bits per heavy atom. The molecule has 0 fully saturated rings. The van der Waals surface area contributed by atoms with Gasteiger partial charge in [0.25, 0.3) is 0 Å². The number of allylic oxidation sites excluding steroid dienone is 4. The van der Waals surface area contributed by atoms with Gasteiger partial charge in [0, 0.05) is 45.1 Å². The summed E-state index contributed by atoms with van der Waals surface area (Å²) in [6, 6.07) is 54.4. The number of fused-ring (bicyclic) bond motifs is 12. The van der Waals surface area contributed by atoms with Gasteiger partial charge >= 0.3 is 0 Å². The molecule has 3 nitrogen and oxygen atoms in total. The van der Waals surface area contributed by atoms with Gasteiger partial charge in [0.15, 0.2) is 0 Å². The second kappa shape index (κ2) is 12.4. The van der Waals surface area contributed by atoms with Crippen molar-refractivity contribution in [3.8, 4) is 44.5 Å². The molecule has 8 aromatic carbocycles. The maximum atomic E-state index is 4.77. The molecular formula is C55H39N3. The van der Waals surface area contributed by atoms with Gasteiger partial charge in [-0.05, 0) is 122 Å². The van der Waals surface area contributed by atoms with E-state index in [1.807, 2.05) is 0 Å². The van der Waals surface area contributed by atoms with Crippen LogP contribution < -0.4 is 0 Å². The third-order valence-corrected chi connectivity index (χ3v) is 13.0. The number of hydrogen-bond acceptors (Lipinski definition) is 2. The van der Waals surface area contributed by atoms with Crippen molar-refractivity contribution in [2.45, 2.75) is 32.1 Å². The van der Waals surface area contributed by atoms with E-state index in [1.54, 1.807) is 12.4 Å². The second-order valence-electron chi connectivity index (χ2n) is 16.5. The molecule has 0 amide bonds. The standard InChI is InChI=1S/C55H39N3/c1-55(2)49-32-38(35-18-16-34(17-19-35)36-23-27-52-48(31-36)44-13-8-9-15-51(44)58(52)40-10-4-3-5-11-40)20-24-42(49)43-25-21-39(33-50(43)55)37-22-26-46-47(30-37)41-12-6-7-14-45(41)53-54(46)57-29-28-56-53/h3-4,6-10,12-33H,5,11H2,1-2H3. The molecule has 2 aromatic heterocycles. The predicted octanol–water partition coefficient (Wildman–Crippen LogP) is 14.5. The maximum Gasteiger partial charge on any atom is 0.0971 e. The average molecular weight is 742 g/mol. The van der Waals surface area contributed by atoms with Gasteiger partial charge in [-0.25, -0.2) is 0 Å². The van der Waals surface area contributed by atoms with Crippen LogP contribution in [0.5, 0.6) is 0 Å². The Labute approximate surface area is 337 Å². The quantitative estimate of drug-likeness (QED) is 0.168. The minimum Gasteiger partial charge on any atom is -0.313 e. The summed E-state index contributed by atoms with van der Waals surface area (Å²) >= 11 is 0. The molecule has 274 valence electrons. The van der Waals surface area contributed by atoms with Crippen molar-refractivity contribution in [2.24, 2.45) is 0 Å². The molecule has 12 rings (SSSR count). The van der Waals surface area contributed by atoms with E-state index in [0.29, 0.717) is 0 Å². The molecule has 2 aliphatic rings. The molecule has 0 saturated carbocycles. The lowest BCUT2D eigenvalue weighted by Crippen LogP contribution is -2.15. The Morgan fingerprint density at radius 1 is 0.466 bits per heavy atom. The zero-order valence-electron chi connectivity index (χ0n) is 32.5. The van der Waals surface area contributed by atoms with Crippen LogP contribution in [0.3, 0.4) is 0 Å². The topological polar surface area (TPSA) is 30.7 Å². The van der Waals surface area contributed by atoms with Crippen molar-refractivity contribution < 1.29 is 0 Å². The number of nitrogens with zero attached hydrogens (tertiary/aromatic N) is 3. The molecule has 58 heavy (non-hydrogen) atoms. The Balaban J connectivity index is 0.878. The molecule has 0 spiro atoms. The zero-order chi connectivity index (χ0) is 38.5. The highest BCUT2D eigenvalue weighted by atomic mass is 15.0. The molecule has 0 atom stereocenters. The molecule has 0 radical (unpaired) electrons. The summed E-state index contributed by atoms with van der Waals surface area (Å²) in [6.45, 7) is 4.75. The summed E-state index contributed by atoms with van der Waals surface area (Å²) in [7, 11) is 0. The fraction of sp³-hybridized carbons (Fsp3) is 0.0909. The van der Waals surface area contributed by atoms with Crippen LogP contribution in [0.4, 0.5) is 0 Å². The van der Waals surface area contributed by atoms with Crippen LogP contribution in [-0.2, 0) is 5.41 Å². The van der Waals surface area contributed by atoms with E-state index in [9.17, 15) is 0 Å². The van der Waals surface area contributed by atoms with E-state index in [0.717, 1.165) is 34.6 Å². The number of aromatic nitrogens is 3. The summed E-state index contributed by atoms with van der Waals surface area (Å²) < 4.78 is 2.46. The Hall–Kier alpha value is -7.10. The highest BCUT2D eigenvalue weighted by Crippen LogP contribution is 2.51. The number of para-hydroxylation sites is 1. The summed E-state index contributed by atoms with van der Waals surface area (Å²) in [5.74, 6) is 0. The molecule has 10 aromatic rings. The van der Waals surface area contributed by atoms with Crippen LogP contribution in [0.15, 0.2) is 176 Å². The van der Waals surface area contributed by atoms with Gasteiger partial charge in [0.05, 0.1) is 22.1 Å². The molecule has 0 saturated heterocycles.